The molecule has 0 aliphatic carbocycles. The second kappa shape index (κ2) is 4.69. The summed E-state index contributed by atoms with van der Waals surface area (Å²) in [5.74, 6) is -0.470. The van der Waals surface area contributed by atoms with E-state index in [4.69, 9.17) is 0 Å². The fourth-order valence-corrected chi connectivity index (χ4v) is 1.81. The van der Waals surface area contributed by atoms with Crippen molar-refractivity contribution in [2.24, 2.45) is 0 Å². The number of hydrogen-bond acceptors (Lipinski definition) is 5. The molecule has 0 saturated heterocycles. The van der Waals surface area contributed by atoms with Crippen LogP contribution in [0.4, 0.5) is 4.39 Å². The van der Waals surface area contributed by atoms with Crippen LogP contribution in [-0.2, 0) is 4.74 Å². The van der Waals surface area contributed by atoms with E-state index in [9.17, 15) is 9.18 Å². The third-order valence-electron chi connectivity index (χ3n) is 2.78. The number of fused-ring (bicyclic) bond motifs is 1. The smallest absolute Gasteiger partial charge is 0.339 e. The number of methoxy groups -OCH3 is 1. The van der Waals surface area contributed by atoms with Gasteiger partial charge in [0.1, 0.15) is 11.5 Å². The summed E-state index contributed by atoms with van der Waals surface area (Å²) in [7, 11) is 1.31. The molecule has 0 spiro atoms. The number of carbonyl (C=O) groups is 1. The zero-order valence-electron chi connectivity index (χ0n) is 10.4. The summed E-state index contributed by atoms with van der Waals surface area (Å²) < 4.78 is 19.2. The summed E-state index contributed by atoms with van der Waals surface area (Å²) >= 11 is 0. The minimum atomic E-state index is -0.460. The van der Waals surface area contributed by atoms with E-state index in [1.807, 2.05) is 0 Å². The van der Waals surface area contributed by atoms with E-state index in [2.05, 4.69) is 19.9 Å². The lowest BCUT2D eigenvalue weighted by atomic mass is 10.3. The average Bonchev–Trinajstić information content (AvgIpc) is 2.90. The maximum absolute atomic E-state index is 12.9. The number of rotatable bonds is 2. The van der Waals surface area contributed by atoms with Gasteiger partial charge in [-0.25, -0.2) is 14.2 Å². The van der Waals surface area contributed by atoms with Crippen LogP contribution in [0.2, 0.25) is 0 Å². The van der Waals surface area contributed by atoms with Crippen molar-refractivity contribution in [3.05, 3.63) is 48.0 Å². The normalized spacial score (nSPS) is 10.7. The number of aromatic nitrogens is 4. The van der Waals surface area contributed by atoms with Crippen molar-refractivity contribution >= 4 is 11.6 Å². The Morgan fingerprint density at radius 1 is 1.25 bits per heavy atom. The summed E-state index contributed by atoms with van der Waals surface area (Å²) in [6, 6.07) is 6.02. The van der Waals surface area contributed by atoms with Gasteiger partial charge in [-0.2, -0.15) is 0 Å². The van der Waals surface area contributed by atoms with Crippen molar-refractivity contribution in [3.8, 4) is 11.5 Å². The van der Waals surface area contributed by atoms with Crippen molar-refractivity contribution in [2.75, 3.05) is 7.11 Å². The van der Waals surface area contributed by atoms with Crippen LogP contribution in [0.1, 0.15) is 10.4 Å². The van der Waals surface area contributed by atoms with Crippen LogP contribution in [0, 0.1) is 5.82 Å². The van der Waals surface area contributed by atoms with E-state index in [1.165, 1.54) is 19.2 Å². The molecule has 0 saturated carbocycles. The Kier molecular flexibility index (Phi) is 2.86. The summed E-state index contributed by atoms with van der Waals surface area (Å²) in [6.45, 7) is 0. The van der Waals surface area contributed by atoms with E-state index in [1.54, 1.807) is 22.7 Å². The van der Waals surface area contributed by atoms with Crippen molar-refractivity contribution in [3.63, 3.8) is 0 Å². The monoisotopic (exact) mass is 272 g/mol. The van der Waals surface area contributed by atoms with Crippen LogP contribution in [-0.4, -0.2) is 32.7 Å². The molecule has 0 radical (unpaired) electrons. The molecule has 0 amide bonds. The van der Waals surface area contributed by atoms with E-state index in [0.717, 1.165) is 6.20 Å². The van der Waals surface area contributed by atoms with Gasteiger partial charge in [-0.1, -0.05) is 0 Å². The maximum atomic E-state index is 12.9. The predicted octanol–water partition coefficient (Wildman–Crippen LogP) is 1.72. The lowest BCUT2D eigenvalue weighted by Crippen LogP contribution is -2.03. The lowest BCUT2D eigenvalue weighted by molar-refractivity contribution is 0.0600. The standard InChI is InChI=1S/C13H9FN4O2/c1-20-13(19)8-2-5-11-16-17-12(18(11)7-8)10-4-3-9(14)6-15-10/h2-7H,1H3. The van der Waals surface area contributed by atoms with Crippen LogP contribution < -0.4 is 0 Å². The number of pyridine rings is 2. The van der Waals surface area contributed by atoms with Crippen LogP contribution >= 0.6 is 0 Å². The van der Waals surface area contributed by atoms with Crippen molar-refractivity contribution in [1.82, 2.24) is 19.6 Å². The fraction of sp³-hybridized carbons (Fsp3) is 0.0769. The first-order chi connectivity index (χ1) is 9.69. The summed E-state index contributed by atoms with van der Waals surface area (Å²) in [4.78, 5) is 15.5. The highest BCUT2D eigenvalue weighted by molar-refractivity contribution is 5.89. The first kappa shape index (κ1) is 12.2. The molecule has 100 valence electrons. The Morgan fingerprint density at radius 2 is 2.10 bits per heavy atom. The van der Waals surface area contributed by atoms with E-state index in [0.29, 0.717) is 22.7 Å². The number of carbonyl (C=O) groups excluding carboxylic acids is 1. The van der Waals surface area contributed by atoms with Gasteiger partial charge in [0.2, 0.25) is 0 Å². The van der Waals surface area contributed by atoms with Crippen molar-refractivity contribution in [2.45, 2.75) is 0 Å². The molecule has 3 aromatic heterocycles. The molecule has 7 heteroatoms. The van der Waals surface area contributed by atoms with E-state index < -0.39 is 11.8 Å². The molecule has 0 aromatic carbocycles. The number of halogens is 1. The quantitative estimate of drug-likeness (QED) is 0.664. The zero-order chi connectivity index (χ0) is 14.1. The van der Waals surface area contributed by atoms with Gasteiger partial charge in [-0.3, -0.25) is 4.40 Å². The Balaban J connectivity index is 2.16. The molecule has 0 fully saturated rings. The zero-order valence-corrected chi connectivity index (χ0v) is 10.4. The fourth-order valence-electron chi connectivity index (χ4n) is 1.81. The highest BCUT2D eigenvalue weighted by Crippen LogP contribution is 2.17. The van der Waals surface area contributed by atoms with E-state index in [-0.39, 0.29) is 0 Å². The topological polar surface area (TPSA) is 69.4 Å². The molecule has 0 bridgehead atoms. The van der Waals surface area contributed by atoms with Gasteiger partial charge < -0.3 is 4.74 Å². The molecule has 0 aliphatic heterocycles. The van der Waals surface area contributed by atoms with Gasteiger partial charge in [-0.15, -0.1) is 10.2 Å². The van der Waals surface area contributed by atoms with Crippen molar-refractivity contribution < 1.29 is 13.9 Å². The number of ether oxygens (including phenoxy) is 1. The number of hydrogen-bond donors (Lipinski definition) is 0. The second-order valence-corrected chi connectivity index (χ2v) is 4.02. The van der Waals surface area contributed by atoms with Crippen LogP contribution in [0.15, 0.2) is 36.7 Å². The predicted molar refractivity (Wildman–Crippen MR) is 67.5 cm³/mol. The highest BCUT2D eigenvalue weighted by Gasteiger charge is 2.12. The SMILES string of the molecule is COC(=O)c1ccc2nnc(-c3ccc(F)cn3)n2c1. The largest absolute Gasteiger partial charge is 0.465 e. The maximum Gasteiger partial charge on any atom is 0.339 e. The first-order valence-electron chi connectivity index (χ1n) is 5.74. The molecule has 6 nitrogen and oxygen atoms in total. The van der Waals surface area contributed by atoms with Gasteiger partial charge in [0.15, 0.2) is 11.5 Å². The molecule has 3 aromatic rings. The molecule has 0 unspecified atom stereocenters. The molecule has 0 atom stereocenters. The summed E-state index contributed by atoms with van der Waals surface area (Å²) in [6.07, 6.45) is 2.65. The molecule has 0 N–H and O–H groups in total. The van der Waals surface area contributed by atoms with Crippen LogP contribution in [0.5, 0.6) is 0 Å². The minimum absolute atomic E-state index is 0.364. The molecular weight excluding hydrogens is 263 g/mol. The molecule has 3 heterocycles. The van der Waals surface area contributed by atoms with Crippen molar-refractivity contribution in [1.29, 1.82) is 0 Å². The number of esters is 1. The van der Waals surface area contributed by atoms with Gasteiger partial charge in [0.25, 0.3) is 0 Å². The van der Waals surface area contributed by atoms with Gasteiger partial charge in [0.05, 0.1) is 18.9 Å². The third kappa shape index (κ3) is 1.99. The van der Waals surface area contributed by atoms with Gasteiger partial charge >= 0.3 is 5.97 Å². The Labute approximate surface area is 112 Å². The van der Waals surface area contributed by atoms with Crippen LogP contribution in [0.3, 0.4) is 0 Å². The first-order valence-corrected chi connectivity index (χ1v) is 5.74. The molecule has 20 heavy (non-hydrogen) atoms. The Bertz CT molecular complexity index is 783. The molecule has 0 aliphatic rings. The summed E-state index contributed by atoms with van der Waals surface area (Å²) in [5.41, 5.74) is 1.38. The Morgan fingerprint density at radius 3 is 2.80 bits per heavy atom. The summed E-state index contributed by atoms with van der Waals surface area (Å²) in [5, 5.41) is 7.97. The highest BCUT2D eigenvalue weighted by atomic mass is 19.1. The lowest BCUT2D eigenvalue weighted by Gasteiger charge is -2.02. The minimum Gasteiger partial charge on any atom is -0.465 e. The Hall–Kier alpha value is -2.83. The van der Waals surface area contributed by atoms with Gasteiger partial charge in [-0.05, 0) is 24.3 Å². The van der Waals surface area contributed by atoms with Gasteiger partial charge in [0, 0.05) is 6.20 Å². The number of nitrogens with zero attached hydrogens (tertiary/aromatic N) is 4. The average molecular weight is 272 g/mol. The molecule has 3 rings (SSSR count). The second-order valence-electron chi connectivity index (χ2n) is 4.02. The third-order valence-corrected chi connectivity index (χ3v) is 2.78. The molecular formula is C13H9FN4O2. The van der Waals surface area contributed by atoms with Crippen LogP contribution in [0.25, 0.3) is 17.2 Å². The van der Waals surface area contributed by atoms with E-state index >= 15 is 0 Å².